The summed E-state index contributed by atoms with van der Waals surface area (Å²) in [6.45, 7) is 9.80. The van der Waals surface area contributed by atoms with Crippen LogP contribution in [0.2, 0.25) is 0 Å². The first kappa shape index (κ1) is 15.2. The molecular weight excluding hydrogens is 206 g/mol. The summed E-state index contributed by atoms with van der Waals surface area (Å²) in [5.41, 5.74) is 8.88. The summed E-state index contributed by atoms with van der Waals surface area (Å²) in [6, 6.07) is 7.93. The predicted molar refractivity (Wildman–Crippen MR) is 79.0 cm³/mol. The smallest absolute Gasteiger partial charge is 0.0314 e. The van der Waals surface area contributed by atoms with E-state index in [1.165, 1.54) is 11.1 Å². The van der Waals surface area contributed by atoms with E-state index in [0.29, 0.717) is 0 Å². The number of benzene rings is 1. The molecule has 1 aromatic rings. The standard InChI is InChI=1S/C14H17N.C2H6/c1-3-5-6-12(4-2)11-13-7-9-14(15)10-8-13;1-2/h3-10H,2,11,15H2,1H3;1-2H3/b5-3-,12-6+;. The fourth-order valence-electron chi connectivity index (χ4n) is 1.29. The summed E-state index contributed by atoms with van der Waals surface area (Å²) in [7, 11) is 0. The van der Waals surface area contributed by atoms with Crippen molar-refractivity contribution in [3.63, 3.8) is 0 Å². The maximum absolute atomic E-state index is 5.62. The Morgan fingerprint density at radius 2 is 1.82 bits per heavy atom. The van der Waals surface area contributed by atoms with Gasteiger partial charge in [0.05, 0.1) is 0 Å². The van der Waals surface area contributed by atoms with Crippen LogP contribution in [0.1, 0.15) is 26.3 Å². The van der Waals surface area contributed by atoms with Gasteiger partial charge in [0.2, 0.25) is 0 Å². The van der Waals surface area contributed by atoms with Gasteiger partial charge in [-0.1, -0.05) is 56.9 Å². The molecule has 0 spiro atoms. The Kier molecular flexibility index (Phi) is 8.48. The van der Waals surface area contributed by atoms with Gasteiger partial charge in [-0.05, 0) is 36.6 Å². The van der Waals surface area contributed by atoms with Crippen molar-refractivity contribution >= 4 is 5.69 Å². The van der Waals surface area contributed by atoms with Gasteiger partial charge in [-0.3, -0.25) is 0 Å². The summed E-state index contributed by atoms with van der Waals surface area (Å²) in [6.07, 6.45) is 8.88. The van der Waals surface area contributed by atoms with Gasteiger partial charge in [-0.25, -0.2) is 0 Å². The van der Waals surface area contributed by atoms with E-state index in [2.05, 4.69) is 12.7 Å². The molecule has 17 heavy (non-hydrogen) atoms. The third kappa shape index (κ3) is 6.41. The van der Waals surface area contributed by atoms with Gasteiger partial charge in [-0.2, -0.15) is 0 Å². The molecule has 0 saturated carbocycles. The second kappa shape index (κ2) is 9.46. The number of rotatable bonds is 4. The molecule has 0 amide bonds. The monoisotopic (exact) mass is 229 g/mol. The number of hydrogen-bond donors (Lipinski definition) is 1. The van der Waals surface area contributed by atoms with E-state index in [1.807, 2.05) is 63.3 Å². The lowest BCUT2D eigenvalue weighted by atomic mass is 10.0. The molecule has 1 heteroatoms. The molecule has 0 heterocycles. The lowest BCUT2D eigenvalue weighted by Gasteiger charge is -2.02. The molecule has 0 radical (unpaired) electrons. The molecule has 0 aromatic heterocycles. The Labute approximate surface area is 105 Å². The summed E-state index contributed by atoms with van der Waals surface area (Å²) in [5, 5.41) is 0. The molecule has 1 rings (SSSR count). The van der Waals surface area contributed by atoms with E-state index in [0.717, 1.165) is 12.1 Å². The lowest BCUT2D eigenvalue weighted by molar-refractivity contribution is 1.20. The summed E-state index contributed by atoms with van der Waals surface area (Å²) >= 11 is 0. The van der Waals surface area contributed by atoms with Crippen molar-refractivity contribution in [3.05, 3.63) is 66.3 Å². The average molecular weight is 229 g/mol. The minimum Gasteiger partial charge on any atom is -0.399 e. The number of nitrogen functional groups attached to an aromatic ring is 1. The third-order valence-corrected chi connectivity index (χ3v) is 2.15. The van der Waals surface area contributed by atoms with Crippen LogP contribution >= 0.6 is 0 Å². The highest BCUT2D eigenvalue weighted by Gasteiger charge is 1.94. The molecule has 0 aliphatic rings. The molecular formula is C16H23N. The van der Waals surface area contributed by atoms with Gasteiger partial charge in [-0.15, -0.1) is 0 Å². The number of allylic oxidation sites excluding steroid dienone is 5. The van der Waals surface area contributed by atoms with Crippen molar-refractivity contribution in [1.29, 1.82) is 0 Å². The third-order valence-electron chi connectivity index (χ3n) is 2.15. The van der Waals surface area contributed by atoms with E-state index in [9.17, 15) is 0 Å². The first-order valence-corrected chi connectivity index (χ1v) is 6.05. The van der Waals surface area contributed by atoms with Crippen LogP contribution < -0.4 is 5.73 Å². The summed E-state index contributed by atoms with van der Waals surface area (Å²) in [4.78, 5) is 0. The Morgan fingerprint density at radius 1 is 1.24 bits per heavy atom. The summed E-state index contributed by atoms with van der Waals surface area (Å²) in [5.74, 6) is 0. The van der Waals surface area contributed by atoms with Crippen molar-refractivity contribution in [2.75, 3.05) is 5.73 Å². The lowest BCUT2D eigenvalue weighted by Crippen LogP contribution is -1.89. The van der Waals surface area contributed by atoms with Gasteiger partial charge in [0.1, 0.15) is 0 Å². The molecule has 92 valence electrons. The summed E-state index contributed by atoms with van der Waals surface area (Å²) < 4.78 is 0. The van der Waals surface area contributed by atoms with Crippen LogP contribution in [-0.2, 0) is 6.42 Å². The maximum Gasteiger partial charge on any atom is 0.0314 e. The number of anilines is 1. The number of hydrogen-bond acceptors (Lipinski definition) is 1. The van der Waals surface area contributed by atoms with Crippen LogP contribution in [0.15, 0.2) is 60.7 Å². The fourth-order valence-corrected chi connectivity index (χ4v) is 1.29. The van der Waals surface area contributed by atoms with E-state index < -0.39 is 0 Å². The molecule has 2 N–H and O–H groups in total. The van der Waals surface area contributed by atoms with E-state index in [1.54, 1.807) is 0 Å². The number of nitrogens with two attached hydrogens (primary N) is 1. The first-order chi connectivity index (χ1) is 8.26. The van der Waals surface area contributed by atoms with Crippen LogP contribution in [0.25, 0.3) is 0 Å². The zero-order valence-electron chi connectivity index (χ0n) is 11.1. The van der Waals surface area contributed by atoms with Gasteiger partial charge in [0, 0.05) is 5.69 Å². The van der Waals surface area contributed by atoms with Crippen LogP contribution in [0.5, 0.6) is 0 Å². The van der Waals surface area contributed by atoms with Crippen LogP contribution in [0, 0.1) is 0 Å². The van der Waals surface area contributed by atoms with Gasteiger partial charge in [0.25, 0.3) is 0 Å². The van der Waals surface area contributed by atoms with E-state index in [4.69, 9.17) is 5.73 Å². The quantitative estimate of drug-likeness (QED) is 0.596. The zero-order valence-corrected chi connectivity index (χ0v) is 11.1. The van der Waals surface area contributed by atoms with Crippen molar-refractivity contribution in [2.24, 2.45) is 0 Å². The average Bonchev–Trinajstić information content (AvgIpc) is 2.39. The van der Waals surface area contributed by atoms with Crippen molar-refractivity contribution in [3.8, 4) is 0 Å². The minimum absolute atomic E-state index is 0.802. The molecule has 0 saturated heterocycles. The molecule has 1 nitrogen and oxygen atoms in total. The maximum atomic E-state index is 5.62. The molecule has 0 atom stereocenters. The molecule has 0 aliphatic heterocycles. The van der Waals surface area contributed by atoms with Crippen molar-refractivity contribution in [2.45, 2.75) is 27.2 Å². The van der Waals surface area contributed by atoms with E-state index >= 15 is 0 Å². The Hall–Kier alpha value is -1.76. The normalized spacial score (nSPS) is 10.9. The van der Waals surface area contributed by atoms with Crippen LogP contribution in [-0.4, -0.2) is 0 Å². The van der Waals surface area contributed by atoms with Crippen molar-refractivity contribution in [1.82, 2.24) is 0 Å². The molecule has 1 aromatic carbocycles. The van der Waals surface area contributed by atoms with Gasteiger partial charge >= 0.3 is 0 Å². The largest absolute Gasteiger partial charge is 0.399 e. The Bertz CT molecular complexity index is 369. The second-order valence-electron chi connectivity index (χ2n) is 3.39. The second-order valence-corrected chi connectivity index (χ2v) is 3.39. The topological polar surface area (TPSA) is 26.0 Å². The highest BCUT2D eigenvalue weighted by Crippen LogP contribution is 2.11. The molecule has 0 bridgehead atoms. The SMILES string of the molecule is C=C/C(=C\C=C/C)Cc1ccc(N)cc1.CC. The molecule has 0 fully saturated rings. The zero-order chi connectivity index (χ0) is 13.1. The van der Waals surface area contributed by atoms with E-state index in [-0.39, 0.29) is 0 Å². The first-order valence-electron chi connectivity index (χ1n) is 6.05. The van der Waals surface area contributed by atoms with Crippen LogP contribution in [0.4, 0.5) is 5.69 Å². The highest BCUT2D eigenvalue weighted by molar-refractivity contribution is 5.41. The molecule has 0 unspecified atom stereocenters. The van der Waals surface area contributed by atoms with Gasteiger partial charge < -0.3 is 5.73 Å². The highest BCUT2D eigenvalue weighted by atomic mass is 14.5. The minimum atomic E-state index is 0.802. The van der Waals surface area contributed by atoms with Gasteiger partial charge in [0.15, 0.2) is 0 Å². The molecule has 0 aliphatic carbocycles. The van der Waals surface area contributed by atoms with Crippen molar-refractivity contribution < 1.29 is 0 Å². The Morgan fingerprint density at radius 3 is 2.29 bits per heavy atom. The fraction of sp³-hybridized carbons (Fsp3) is 0.250. The Balaban J connectivity index is 0.00000121. The van der Waals surface area contributed by atoms with Crippen LogP contribution in [0.3, 0.4) is 0 Å². The predicted octanol–water partition coefficient (Wildman–Crippen LogP) is 4.53.